The Morgan fingerprint density at radius 3 is 0.980 bits per heavy atom. The fourth-order valence-electron chi connectivity index (χ4n) is 16.2. The summed E-state index contributed by atoms with van der Waals surface area (Å²) in [4.78, 5) is 11.7. The van der Waals surface area contributed by atoms with Gasteiger partial charge in [0.15, 0.2) is 0 Å². The van der Waals surface area contributed by atoms with Crippen molar-refractivity contribution >= 4 is 72.6 Å². The maximum Gasteiger partial charge on any atom is 0.277 e. The van der Waals surface area contributed by atoms with E-state index in [-0.39, 0.29) is 10.6 Å². The quantitative estimate of drug-likeness (QED) is 0.0821. The highest BCUT2D eigenvalue weighted by molar-refractivity contribution is 7.79. The molecule has 3 aliphatic rings. The molecule has 0 radical (unpaired) electrons. The van der Waals surface area contributed by atoms with E-state index in [1.54, 1.807) is 12.1 Å². The van der Waals surface area contributed by atoms with E-state index < -0.39 is 7.92 Å². The minimum absolute atomic E-state index is 0.115. The molecule has 17 aromatic rings. The fourth-order valence-corrected chi connectivity index (χ4v) is 18.5. The molecule has 0 aliphatic heterocycles. The van der Waals surface area contributed by atoms with Gasteiger partial charge in [-0.05, 0) is 202 Å². The summed E-state index contributed by atoms with van der Waals surface area (Å²) in [6, 6.07) is 129. The number of para-hydroxylation sites is 1. The molecule has 17 aromatic carbocycles. The van der Waals surface area contributed by atoms with Crippen molar-refractivity contribution in [2.24, 2.45) is 0 Å². The first-order valence-electron chi connectivity index (χ1n) is 33.9. The van der Waals surface area contributed by atoms with E-state index in [9.17, 15) is 10.1 Å². The van der Waals surface area contributed by atoms with Gasteiger partial charge in [0.05, 0.1) is 10.5 Å². The Balaban J connectivity index is 0.000000114. The lowest BCUT2D eigenvalue weighted by molar-refractivity contribution is -0.384. The highest BCUT2D eigenvalue weighted by Gasteiger charge is 2.35. The molecule has 3 nitrogen and oxygen atoms in total. The number of nitrogens with zero attached hydrogens (tertiary/aromatic N) is 1. The standard InChI is InChI=1S/C39H24.C38H23NO2.C18H15P/c1-3-12-24(13-4-1)35-29-18-9-10-19-30(29)36(25-14-5-2-6-15-25)39-33-23-27-22-26-16-7-8-17-28(26)34(27)31-20-11-21-32(37(31)33)38(35)39;40-39(41)33-21-10-9-16-27(33)26-22-23-32-36-28(26)19-11-20-31(36)37-34(24-12-3-1-4-13-24)29-17-7-8-18-30(29)35(38(32)37)25-14-5-2-6-15-25;1-4-10-16(11-5-1)19(17-12-6-2-7-13-17)18-14-8-3-9-15-18/h1-21,23H,22H2;1-23H;1-15H. The summed E-state index contributed by atoms with van der Waals surface area (Å²) < 4.78 is 0. The minimum atomic E-state index is -0.446. The first-order chi connectivity index (χ1) is 49.1. The highest BCUT2D eigenvalue weighted by Crippen LogP contribution is 2.62. The third-order valence-electron chi connectivity index (χ3n) is 20.1. The second-order valence-electron chi connectivity index (χ2n) is 25.6. The van der Waals surface area contributed by atoms with E-state index >= 15 is 0 Å². The van der Waals surface area contributed by atoms with E-state index in [0.29, 0.717) is 5.56 Å². The molecule has 99 heavy (non-hydrogen) atoms. The lowest BCUT2D eigenvalue weighted by Gasteiger charge is -2.20. The molecule has 0 heterocycles. The number of nitro groups is 1. The van der Waals surface area contributed by atoms with Crippen LogP contribution in [-0.4, -0.2) is 4.92 Å². The second-order valence-corrected chi connectivity index (χ2v) is 27.8. The molecule has 0 atom stereocenters. The van der Waals surface area contributed by atoms with Crippen molar-refractivity contribution in [2.45, 2.75) is 6.42 Å². The SMILES string of the molecule is O=[N+]([O-])c1ccccc1-c1ccc2c3c(cccc13)-c1c-2c(-c2ccccc2)c2ccccc2c1-c1ccccc1.c1ccc(-c2c3c(c(-c4ccccc4)c4ccccc24)-c2cc4c(c5cccc-3c25)-c2ccccc2C4)cc1.c1ccc(P(c2ccccc2)c2ccccc2)cc1. The van der Waals surface area contributed by atoms with Gasteiger partial charge < -0.3 is 0 Å². The smallest absolute Gasteiger partial charge is 0.258 e. The van der Waals surface area contributed by atoms with Gasteiger partial charge in [-0.3, -0.25) is 10.1 Å². The first-order valence-corrected chi connectivity index (χ1v) is 35.2. The van der Waals surface area contributed by atoms with Gasteiger partial charge in [0, 0.05) is 6.07 Å². The number of fused-ring (bicyclic) bond motifs is 12. The largest absolute Gasteiger partial charge is 0.277 e. The average Bonchev–Trinajstić information content (AvgIpc) is 1.55. The number of nitro benzene ring substituents is 1. The molecular weight excluding hydrogens is 1220 g/mol. The molecule has 0 amide bonds. The van der Waals surface area contributed by atoms with Crippen LogP contribution < -0.4 is 15.9 Å². The van der Waals surface area contributed by atoms with Gasteiger partial charge in [0.1, 0.15) is 0 Å². The summed E-state index contributed by atoms with van der Waals surface area (Å²) in [7, 11) is -0.446. The summed E-state index contributed by atoms with van der Waals surface area (Å²) in [5.41, 5.74) is 27.5. The predicted octanol–water partition coefficient (Wildman–Crippen LogP) is 24.5. The van der Waals surface area contributed by atoms with Gasteiger partial charge in [-0.25, -0.2) is 0 Å². The molecule has 0 fully saturated rings. The Morgan fingerprint density at radius 1 is 0.232 bits per heavy atom. The minimum Gasteiger partial charge on any atom is -0.258 e. The van der Waals surface area contributed by atoms with Crippen molar-refractivity contribution in [1.29, 1.82) is 0 Å². The van der Waals surface area contributed by atoms with Crippen LogP contribution in [0.4, 0.5) is 5.69 Å². The summed E-state index contributed by atoms with van der Waals surface area (Å²) in [5.74, 6) is 0. The monoisotopic (exact) mass is 1280 g/mol. The zero-order valence-electron chi connectivity index (χ0n) is 54.1. The molecule has 0 unspecified atom stereocenters. The topological polar surface area (TPSA) is 43.1 Å². The van der Waals surface area contributed by atoms with Gasteiger partial charge in [-0.15, -0.1) is 0 Å². The van der Waals surface area contributed by atoms with Crippen molar-refractivity contribution in [3.05, 3.63) is 385 Å². The van der Waals surface area contributed by atoms with Crippen LogP contribution in [0.5, 0.6) is 0 Å². The zero-order chi connectivity index (χ0) is 65.9. The second kappa shape index (κ2) is 25.0. The summed E-state index contributed by atoms with van der Waals surface area (Å²) >= 11 is 0. The summed E-state index contributed by atoms with van der Waals surface area (Å²) in [5, 5.41) is 26.2. The van der Waals surface area contributed by atoms with Gasteiger partial charge in [0.25, 0.3) is 5.69 Å². The van der Waals surface area contributed by atoms with Crippen molar-refractivity contribution in [1.82, 2.24) is 0 Å². The highest BCUT2D eigenvalue weighted by atomic mass is 31.1. The van der Waals surface area contributed by atoms with E-state index in [2.05, 4.69) is 340 Å². The number of hydrogen-bond acceptors (Lipinski definition) is 2. The van der Waals surface area contributed by atoms with Gasteiger partial charge in [-0.1, -0.05) is 346 Å². The maximum absolute atomic E-state index is 12.0. The van der Waals surface area contributed by atoms with Crippen molar-refractivity contribution in [3.63, 3.8) is 0 Å². The number of rotatable bonds is 9. The van der Waals surface area contributed by atoms with Crippen molar-refractivity contribution in [3.8, 4) is 111 Å². The summed E-state index contributed by atoms with van der Waals surface area (Å²) in [6.07, 6.45) is 0.994. The van der Waals surface area contributed by atoms with Gasteiger partial charge in [-0.2, -0.15) is 0 Å². The Labute approximate surface area is 576 Å². The molecule has 20 rings (SSSR count). The molecule has 4 heteroatoms. The molecule has 0 saturated carbocycles. The first kappa shape index (κ1) is 59.1. The van der Waals surface area contributed by atoms with Crippen LogP contribution in [0.3, 0.4) is 0 Å². The molecule has 0 aromatic heterocycles. The molecule has 3 aliphatic carbocycles. The van der Waals surface area contributed by atoms with Crippen LogP contribution in [0.15, 0.2) is 364 Å². The molecule has 0 N–H and O–H groups in total. The Morgan fingerprint density at radius 2 is 0.545 bits per heavy atom. The lowest BCUT2D eigenvalue weighted by atomic mass is 9.82. The number of benzene rings is 17. The Kier molecular flexibility index (Phi) is 14.9. The molecule has 464 valence electrons. The van der Waals surface area contributed by atoms with Gasteiger partial charge >= 0.3 is 0 Å². The van der Waals surface area contributed by atoms with E-state index in [0.717, 1.165) is 33.9 Å². The molecule has 0 spiro atoms. The predicted molar refractivity (Wildman–Crippen MR) is 419 cm³/mol. The van der Waals surface area contributed by atoms with E-state index in [1.165, 1.54) is 148 Å². The van der Waals surface area contributed by atoms with Crippen molar-refractivity contribution < 1.29 is 4.92 Å². The van der Waals surface area contributed by atoms with Crippen molar-refractivity contribution in [2.75, 3.05) is 0 Å². The zero-order valence-corrected chi connectivity index (χ0v) is 55.0. The van der Waals surface area contributed by atoms with E-state index in [4.69, 9.17) is 0 Å². The molecule has 0 bridgehead atoms. The van der Waals surface area contributed by atoms with Crippen LogP contribution in [0.2, 0.25) is 0 Å². The molecule has 0 saturated heterocycles. The summed E-state index contributed by atoms with van der Waals surface area (Å²) in [6.45, 7) is 0. The van der Waals surface area contributed by atoms with E-state index in [1.807, 2.05) is 12.1 Å². The maximum atomic E-state index is 12.0. The Hall–Kier alpha value is -12.4. The third kappa shape index (κ3) is 10.0. The fraction of sp³-hybridized carbons (Fsp3) is 0.0105. The normalized spacial score (nSPS) is 11.8. The lowest BCUT2D eigenvalue weighted by Crippen LogP contribution is -2.20. The molecular formula is C95H62NO2P. The average molecular weight is 1280 g/mol. The van der Waals surface area contributed by atoms with Crippen LogP contribution in [0.25, 0.3) is 154 Å². The third-order valence-corrected chi connectivity index (χ3v) is 22.6. The van der Waals surface area contributed by atoms with Gasteiger partial charge in [0.2, 0.25) is 0 Å². The Bertz CT molecular complexity index is 5820. The van der Waals surface area contributed by atoms with Crippen LogP contribution in [0, 0.1) is 10.1 Å². The number of hydrogen-bond donors (Lipinski definition) is 0. The van der Waals surface area contributed by atoms with Crippen LogP contribution in [-0.2, 0) is 6.42 Å². The van der Waals surface area contributed by atoms with Crippen LogP contribution >= 0.6 is 7.92 Å². The van der Waals surface area contributed by atoms with Crippen LogP contribution in [0.1, 0.15) is 11.1 Å².